The van der Waals surface area contributed by atoms with E-state index < -0.39 is 0 Å². The maximum absolute atomic E-state index is 12.3. The van der Waals surface area contributed by atoms with Crippen molar-refractivity contribution in [2.24, 2.45) is 0 Å². The molecule has 0 aliphatic carbocycles. The Morgan fingerprint density at radius 2 is 2.12 bits per heavy atom. The zero-order valence-corrected chi connectivity index (χ0v) is 14.2. The van der Waals surface area contributed by atoms with Crippen LogP contribution < -0.4 is 15.4 Å². The Balaban J connectivity index is 1.64. The first kappa shape index (κ1) is 16.8. The first-order valence-electron chi connectivity index (χ1n) is 8.08. The minimum absolute atomic E-state index is 0.0870. The van der Waals surface area contributed by atoms with Crippen molar-refractivity contribution in [1.82, 2.24) is 25.3 Å². The standard InChI is InChI=1S/C17H21N5O3/c1-12(20-17(24)21-8-7-18-16(23)11-21)13-9-19-22(10-13)14-3-5-15(25-2)6-4-14/h3-6,9-10,12H,7-8,11H2,1-2H3,(H,18,23)(H,20,24)/t12-/m1/s1. The molecule has 3 rings (SSSR count). The number of amides is 3. The number of methoxy groups -OCH3 is 1. The van der Waals surface area contributed by atoms with Crippen LogP contribution in [0.2, 0.25) is 0 Å². The lowest BCUT2D eigenvalue weighted by Crippen LogP contribution is -2.53. The molecule has 8 nitrogen and oxygen atoms in total. The molecule has 0 bridgehead atoms. The number of hydrogen-bond donors (Lipinski definition) is 2. The lowest BCUT2D eigenvalue weighted by molar-refractivity contribution is -0.123. The quantitative estimate of drug-likeness (QED) is 0.870. The zero-order valence-electron chi connectivity index (χ0n) is 14.2. The van der Waals surface area contributed by atoms with Crippen LogP contribution in [0.25, 0.3) is 5.69 Å². The summed E-state index contributed by atoms with van der Waals surface area (Å²) in [6.07, 6.45) is 3.59. The summed E-state index contributed by atoms with van der Waals surface area (Å²) in [5, 5.41) is 9.94. The van der Waals surface area contributed by atoms with Crippen LogP contribution in [0.5, 0.6) is 5.75 Å². The van der Waals surface area contributed by atoms with E-state index in [0.717, 1.165) is 17.0 Å². The second-order valence-electron chi connectivity index (χ2n) is 5.86. The van der Waals surface area contributed by atoms with Gasteiger partial charge in [-0.05, 0) is 31.2 Å². The summed E-state index contributed by atoms with van der Waals surface area (Å²) >= 11 is 0. The second kappa shape index (κ2) is 7.25. The molecule has 25 heavy (non-hydrogen) atoms. The summed E-state index contributed by atoms with van der Waals surface area (Å²) in [6, 6.07) is 7.08. The largest absolute Gasteiger partial charge is 0.497 e. The molecular weight excluding hydrogens is 322 g/mol. The highest BCUT2D eigenvalue weighted by atomic mass is 16.5. The lowest BCUT2D eigenvalue weighted by Gasteiger charge is -2.28. The van der Waals surface area contributed by atoms with Crippen LogP contribution >= 0.6 is 0 Å². The van der Waals surface area contributed by atoms with Crippen molar-refractivity contribution in [1.29, 1.82) is 0 Å². The van der Waals surface area contributed by atoms with Gasteiger partial charge in [-0.15, -0.1) is 0 Å². The Morgan fingerprint density at radius 1 is 1.36 bits per heavy atom. The third-order valence-electron chi connectivity index (χ3n) is 4.11. The van der Waals surface area contributed by atoms with Gasteiger partial charge in [0, 0.05) is 24.8 Å². The van der Waals surface area contributed by atoms with Crippen LogP contribution in [0.1, 0.15) is 18.5 Å². The highest BCUT2D eigenvalue weighted by Gasteiger charge is 2.22. The molecule has 1 atom stereocenters. The maximum atomic E-state index is 12.3. The van der Waals surface area contributed by atoms with E-state index in [9.17, 15) is 9.59 Å². The third kappa shape index (κ3) is 3.90. The van der Waals surface area contributed by atoms with Crippen LogP contribution in [0.4, 0.5) is 4.79 Å². The first-order valence-corrected chi connectivity index (χ1v) is 8.08. The van der Waals surface area contributed by atoms with Gasteiger partial charge in [0.05, 0.1) is 25.0 Å². The molecule has 2 heterocycles. The molecule has 1 aliphatic rings. The molecule has 0 saturated carbocycles. The highest BCUT2D eigenvalue weighted by molar-refractivity contribution is 5.85. The van der Waals surface area contributed by atoms with E-state index in [0.29, 0.717) is 13.1 Å². The highest BCUT2D eigenvalue weighted by Crippen LogP contribution is 2.17. The molecule has 2 N–H and O–H groups in total. The SMILES string of the molecule is COc1ccc(-n2cc([C@@H](C)NC(=O)N3CCNC(=O)C3)cn2)cc1. The number of rotatable bonds is 4. The number of hydrogen-bond acceptors (Lipinski definition) is 4. The van der Waals surface area contributed by atoms with E-state index in [4.69, 9.17) is 4.74 Å². The Morgan fingerprint density at radius 3 is 2.80 bits per heavy atom. The summed E-state index contributed by atoms with van der Waals surface area (Å²) < 4.78 is 6.89. The number of carbonyl (C=O) groups excluding carboxylic acids is 2. The molecule has 0 radical (unpaired) electrons. The van der Waals surface area contributed by atoms with Gasteiger partial charge in [0.25, 0.3) is 0 Å². The van der Waals surface area contributed by atoms with Crippen molar-refractivity contribution in [3.8, 4) is 11.4 Å². The second-order valence-corrected chi connectivity index (χ2v) is 5.86. The van der Waals surface area contributed by atoms with Gasteiger partial charge >= 0.3 is 6.03 Å². The molecule has 0 spiro atoms. The summed E-state index contributed by atoms with van der Waals surface area (Å²) in [4.78, 5) is 25.2. The van der Waals surface area contributed by atoms with E-state index in [1.54, 1.807) is 18.0 Å². The minimum atomic E-state index is -0.250. The van der Waals surface area contributed by atoms with Gasteiger partial charge in [-0.25, -0.2) is 9.48 Å². The van der Waals surface area contributed by atoms with Crippen LogP contribution in [0.15, 0.2) is 36.7 Å². The number of nitrogens with one attached hydrogen (secondary N) is 2. The first-order chi connectivity index (χ1) is 12.1. The van der Waals surface area contributed by atoms with Gasteiger partial charge in [-0.2, -0.15) is 5.10 Å². The molecular formula is C17H21N5O3. The molecule has 1 aromatic heterocycles. The molecule has 1 aliphatic heterocycles. The van der Waals surface area contributed by atoms with Crippen LogP contribution in [0, 0.1) is 0 Å². The molecule has 132 valence electrons. The number of piperazine rings is 1. The summed E-state index contributed by atoms with van der Waals surface area (Å²) in [5.74, 6) is 0.642. The van der Waals surface area contributed by atoms with E-state index in [1.165, 1.54) is 4.90 Å². The number of ether oxygens (including phenoxy) is 1. The summed E-state index contributed by atoms with van der Waals surface area (Å²) in [6.45, 7) is 2.96. The van der Waals surface area contributed by atoms with Crippen LogP contribution in [-0.4, -0.2) is 53.4 Å². The zero-order chi connectivity index (χ0) is 17.8. The lowest BCUT2D eigenvalue weighted by atomic mass is 10.2. The predicted molar refractivity (Wildman–Crippen MR) is 91.6 cm³/mol. The molecule has 2 aromatic rings. The fraction of sp³-hybridized carbons (Fsp3) is 0.353. The number of carbonyl (C=O) groups is 2. The van der Waals surface area contributed by atoms with Gasteiger partial charge in [-0.3, -0.25) is 4.79 Å². The van der Waals surface area contributed by atoms with E-state index in [-0.39, 0.29) is 24.5 Å². The average Bonchev–Trinajstić information content (AvgIpc) is 3.12. The Labute approximate surface area is 145 Å². The number of nitrogens with zero attached hydrogens (tertiary/aromatic N) is 3. The van der Waals surface area contributed by atoms with Gasteiger partial charge in [0.1, 0.15) is 12.3 Å². The molecule has 1 fully saturated rings. The van der Waals surface area contributed by atoms with Crippen LogP contribution in [0.3, 0.4) is 0 Å². The van der Waals surface area contributed by atoms with Gasteiger partial charge in [0.2, 0.25) is 5.91 Å². The molecule has 0 unspecified atom stereocenters. The summed E-state index contributed by atoms with van der Waals surface area (Å²) in [5.41, 5.74) is 1.78. The number of urea groups is 1. The third-order valence-corrected chi connectivity index (χ3v) is 4.11. The fourth-order valence-corrected chi connectivity index (χ4v) is 2.61. The minimum Gasteiger partial charge on any atom is -0.497 e. The Hall–Kier alpha value is -3.03. The van der Waals surface area contributed by atoms with Crippen molar-refractivity contribution < 1.29 is 14.3 Å². The molecule has 1 saturated heterocycles. The van der Waals surface area contributed by atoms with Crippen molar-refractivity contribution in [3.63, 3.8) is 0 Å². The number of benzene rings is 1. The van der Waals surface area contributed by atoms with E-state index in [1.807, 2.05) is 37.4 Å². The Kier molecular flexibility index (Phi) is 4.87. The van der Waals surface area contributed by atoms with E-state index >= 15 is 0 Å². The van der Waals surface area contributed by atoms with Gasteiger partial charge in [0.15, 0.2) is 0 Å². The van der Waals surface area contributed by atoms with Crippen molar-refractivity contribution in [3.05, 3.63) is 42.2 Å². The molecule has 8 heteroatoms. The summed E-state index contributed by atoms with van der Waals surface area (Å²) in [7, 11) is 1.62. The van der Waals surface area contributed by atoms with Crippen molar-refractivity contribution in [2.45, 2.75) is 13.0 Å². The van der Waals surface area contributed by atoms with Crippen molar-refractivity contribution >= 4 is 11.9 Å². The molecule has 1 aromatic carbocycles. The van der Waals surface area contributed by atoms with E-state index in [2.05, 4.69) is 15.7 Å². The monoisotopic (exact) mass is 343 g/mol. The van der Waals surface area contributed by atoms with Crippen LogP contribution in [-0.2, 0) is 4.79 Å². The van der Waals surface area contributed by atoms with Gasteiger partial charge < -0.3 is 20.3 Å². The van der Waals surface area contributed by atoms with Gasteiger partial charge in [-0.1, -0.05) is 0 Å². The fourth-order valence-electron chi connectivity index (χ4n) is 2.61. The normalized spacial score (nSPS) is 15.4. The predicted octanol–water partition coefficient (Wildman–Crippen LogP) is 1.08. The maximum Gasteiger partial charge on any atom is 0.318 e. The number of aromatic nitrogens is 2. The Bertz CT molecular complexity index is 756. The topological polar surface area (TPSA) is 88.5 Å². The molecule has 3 amide bonds. The average molecular weight is 343 g/mol. The van der Waals surface area contributed by atoms with Crippen molar-refractivity contribution in [2.75, 3.05) is 26.7 Å². The smallest absolute Gasteiger partial charge is 0.318 e.